The number of hydrogen-bond acceptors (Lipinski definition) is 5. The lowest BCUT2D eigenvalue weighted by Crippen LogP contribution is -2.33. The molecule has 8 nitrogen and oxygen atoms in total. The number of fused-ring (bicyclic) bond motifs is 2. The quantitative estimate of drug-likeness (QED) is 0.551. The molecule has 32 heavy (non-hydrogen) atoms. The number of aromatic amines is 1. The summed E-state index contributed by atoms with van der Waals surface area (Å²) in [6.07, 6.45) is 1.71. The molecule has 1 aromatic carbocycles. The predicted octanol–water partition coefficient (Wildman–Crippen LogP) is 3.56. The molecule has 0 atom stereocenters. The lowest BCUT2D eigenvalue weighted by Gasteiger charge is -2.29. The summed E-state index contributed by atoms with van der Waals surface area (Å²) in [6, 6.07) is 9.02. The molecule has 0 aliphatic heterocycles. The molecule has 0 bridgehead atoms. The number of amides is 1. The summed E-state index contributed by atoms with van der Waals surface area (Å²) in [5.74, 6) is -0.296. The molecule has 8 heteroatoms. The van der Waals surface area contributed by atoms with Crippen LogP contribution in [0.5, 0.6) is 0 Å². The molecule has 2 N–H and O–H groups in total. The van der Waals surface area contributed by atoms with Crippen molar-refractivity contribution in [2.45, 2.75) is 46.6 Å². The number of H-pyrrole nitrogens is 1. The normalized spacial score (nSPS) is 15.0. The first-order valence-electron chi connectivity index (χ1n) is 10.9. The molecule has 0 unspecified atom stereocenters. The van der Waals surface area contributed by atoms with Crippen LogP contribution in [0.2, 0.25) is 0 Å². The van der Waals surface area contributed by atoms with E-state index in [0.717, 1.165) is 17.5 Å². The number of ether oxygens (including phenoxy) is 1. The Kier molecular flexibility index (Phi) is 5.97. The largest absolute Gasteiger partial charge is 0.382 e. The van der Waals surface area contributed by atoms with Gasteiger partial charge in [0.15, 0.2) is 5.78 Å². The van der Waals surface area contributed by atoms with Gasteiger partial charge in [-0.05, 0) is 43.4 Å². The topological polar surface area (TPSA) is 106 Å². The van der Waals surface area contributed by atoms with Crippen LogP contribution in [0.25, 0.3) is 11.0 Å². The molecule has 0 fully saturated rings. The van der Waals surface area contributed by atoms with E-state index in [0.29, 0.717) is 49.8 Å². The number of Topliss-reactive ketones (excluding diaryl/α,β-unsaturated/α-hetero) is 1. The molecular weight excluding hydrogens is 408 g/mol. The van der Waals surface area contributed by atoms with E-state index in [4.69, 9.17) is 4.74 Å². The van der Waals surface area contributed by atoms with Crippen molar-refractivity contribution in [2.24, 2.45) is 5.41 Å². The summed E-state index contributed by atoms with van der Waals surface area (Å²) in [5, 5.41) is 2.78. The van der Waals surface area contributed by atoms with Crippen LogP contribution in [0.1, 0.15) is 60.0 Å². The van der Waals surface area contributed by atoms with Crippen molar-refractivity contribution < 1.29 is 14.3 Å². The number of aryl methyl sites for hydroxylation is 1. The van der Waals surface area contributed by atoms with Gasteiger partial charge >= 0.3 is 0 Å². The molecule has 1 amide bonds. The van der Waals surface area contributed by atoms with E-state index in [1.165, 1.54) is 6.07 Å². The first-order valence-corrected chi connectivity index (χ1v) is 10.9. The van der Waals surface area contributed by atoms with Crippen LogP contribution in [0.3, 0.4) is 0 Å². The average Bonchev–Trinajstić information content (AvgIpc) is 3.06. The fourth-order valence-corrected chi connectivity index (χ4v) is 4.23. The van der Waals surface area contributed by atoms with Gasteiger partial charge in [-0.25, -0.2) is 4.98 Å². The maximum Gasteiger partial charge on any atom is 0.263 e. The number of pyridine rings is 1. The van der Waals surface area contributed by atoms with Gasteiger partial charge in [0.05, 0.1) is 11.0 Å². The van der Waals surface area contributed by atoms with Gasteiger partial charge in [0, 0.05) is 37.4 Å². The molecule has 2 aromatic heterocycles. The zero-order valence-corrected chi connectivity index (χ0v) is 18.7. The van der Waals surface area contributed by atoms with Crippen LogP contribution in [-0.2, 0) is 17.7 Å². The van der Waals surface area contributed by atoms with Gasteiger partial charge in [-0.15, -0.1) is 0 Å². The number of nitrogens with one attached hydrogen (secondary N) is 2. The van der Waals surface area contributed by atoms with Crippen LogP contribution in [0.4, 0.5) is 5.95 Å². The van der Waals surface area contributed by atoms with E-state index in [9.17, 15) is 14.4 Å². The second kappa shape index (κ2) is 8.70. The van der Waals surface area contributed by atoms with E-state index in [1.54, 1.807) is 0 Å². The molecule has 0 spiro atoms. The van der Waals surface area contributed by atoms with Crippen molar-refractivity contribution in [3.05, 3.63) is 57.5 Å². The third-order valence-corrected chi connectivity index (χ3v) is 5.72. The highest BCUT2D eigenvalue weighted by atomic mass is 16.5. The van der Waals surface area contributed by atoms with Crippen LogP contribution >= 0.6 is 0 Å². The first-order chi connectivity index (χ1) is 15.3. The molecular formula is C24H28N4O4. The number of carbonyl (C=O) groups excluding carboxylic acids is 2. The van der Waals surface area contributed by atoms with E-state index in [2.05, 4.69) is 15.3 Å². The smallest absolute Gasteiger partial charge is 0.263 e. The molecule has 2 heterocycles. The van der Waals surface area contributed by atoms with Crippen molar-refractivity contribution >= 4 is 28.7 Å². The van der Waals surface area contributed by atoms with Crippen LogP contribution < -0.4 is 10.9 Å². The monoisotopic (exact) mass is 436 g/mol. The Bertz CT molecular complexity index is 1240. The molecule has 1 aliphatic rings. The first kappa shape index (κ1) is 22.0. The Labute approximate surface area is 186 Å². The number of aromatic nitrogens is 3. The predicted molar refractivity (Wildman–Crippen MR) is 122 cm³/mol. The standard InChI is InChI=1S/C24H28N4O4/c1-4-32-11-7-10-28-19-9-6-5-8-17(19)26-23(28)27-22(31)16-12-15-18(25-21(16)30)13-24(2,3)14-20(15)29/h5-6,8-9,12H,4,7,10-11,13-14H2,1-3H3,(H,25,30)(H,26,27,31). The molecule has 0 saturated carbocycles. The fourth-order valence-electron chi connectivity index (χ4n) is 4.23. The number of carbonyl (C=O) groups is 2. The van der Waals surface area contributed by atoms with Gasteiger partial charge in [-0.3, -0.25) is 19.7 Å². The second-order valence-corrected chi connectivity index (χ2v) is 8.93. The summed E-state index contributed by atoms with van der Waals surface area (Å²) in [6.45, 7) is 7.76. The van der Waals surface area contributed by atoms with E-state index < -0.39 is 11.5 Å². The fraction of sp³-hybridized carbons (Fsp3) is 0.417. The van der Waals surface area contributed by atoms with Gasteiger partial charge in [0.1, 0.15) is 5.56 Å². The molecule has 4 rings (SSSR count). The summed E-state index contributed by atoms with van der Waals surface area (Å²) < 4.78 is 7.34. The minimum atomic E-state index is -0.590. The third kappa shape index (κ3) is 4.36. The highest BCUT2D eigenvalue weighted by Crippen LogP contribution is 2.33. The SMILES string of the molecule is CCOCCCn1c(NC(=O)c2cc3c([nH]c2=O)CC(C)(C)CC3=O)nc2ccccc21. The maximum absolute atomic E-state index is 13.0. The minimum Gasteiger partial charge on any atom is -0.382 e. The number of ketones is 1. The van der Waals surface area contributed by atoms with Crippen LogP contribution in [-0.4, -0.2) is 39.4 Å². The molecule has 0 radical (unpaired) electrons. The van der Waals surface area contributed by atoms with Crippen molar-refractivity contribution in [1.82, 2.24) is 14.5 Å². The third-order valence-electron chi connectivity index (χ3n) is 5.72. The number of nitrogens with zero attached hydrogens (tertiary/aromatic N) is 2. The average molecular weight is 437 g/mol. The van der Waals surface area contributed by atoms with E-state index >= 15 is 0 Å². The second-order valence-electron chi connectivity index (χ2n) is 8.93. The number of benzene rings is 1. The van der Waals surface area contributed by atoms with Crippen molar-refractivity contribution in [1.29, 1.82) is 0 Å². The maximum atomic E-state index is 13.0. The highest BCUT2D eigenvalue weighted by molar-refractivity contribution is 6.06. The molecule has 3 aromatic rings. The summed E-state index contributed by atoms with van der Waals surface area (Å²) in [7, 11) is 0. The van der Waals surface area contributed by atoms with Gasteiger partial charge in [-0.2, -0.15) is 0 Å². The Morgan fingerprint density at radius 1 is 1.25 bits per heavy atom. The van der Waals surface area contributed by atoms with Gasteiger partial charge in [0.25, 0.3) is 11.5 Å². The molecule has 168 valence electrons. The minimum absolute atomic E-state index is 0.0651. The van der Waals surface area contributed by atoms with E-state index in [-0.39, 0.29) is 16.8 Å². The molecule has 1 aliphatic carbocycles. The van der Waals surface area contributed by atoms with E-state index in [1.807, 2.05) is 49.6 Å². The molecule has 0 saturated heterocycles. The number of para-hydroxylation sites is 2. The van der Waals surface area contributed by atoms with Crippen LogP contribution in [0.15, 0.2) is 35.1 Å². The van der Waals surface area contributed by atoms with Gasteiger partial charge in [0.2, 0.25) is 5.95 Å². The number of hydrogen-bond donors (Lipinski definition) is 2. The van der Waals surface area contributed by atoms with Crippen molar-refractivity contribution in [3.8, 4) is 0 Å². The highest BCUT2D eigenvalue weighted by Gasteiger charge is 2.32. The van der Waals surface area contributed by atoms with Crippen molar-refractivity contribution in [2.75, 3.05) is 18.5 Å². The summed E-state index contributed by atoms with van der Waals surface area (Å²) in [5.41, 5.74) is 1.82. The Morgan fingerprint density at radius 2 is 2.03 bits per heavy atom. The zero-order valence-electron chi connectivity index (χ0n) is 18.7. The summed E-state index contributed by atoms with van der Waals surface area (Å²) in [4.78, 5) is 45.6. The van der Waals surface area contributed by atoms with Crippen LogP contribution in [0, 0.1) is 5.41 Å². The van der Waals surface area contributed by atoms with Gasteiger partial charge < -0.3 is 14.3 Å². The Hall–Kier alpha value is -3.26. The lowest BCUT2D eigenvalue weighted by molar-refractivity contribution is 0.0910. The lowest BCUT2D eigenvalue weighted by atomic mass is 9.75. The number of anilines is 1. The van der Waals surface area contributed by atoms with Crippen molar-refractivity contribution in [3.63, 3.8) is 0 Å². The number of rotatable bonds is 7. The zero-order chi connectivity index (χ0) is 22.9. The van der Waals surface area contributed by atoms with Gasteiger partial charge in [-0.1, -0.05) is 26.0 Å². The number of imidazole rings is 1. The summed E-state index contributed by atoms with van der Waals surface area (Å²) >= 11 is 0. The Morgan fingerprint density at radius 3 is 2.81 bits per heavy atom. The Balaban J connectivity index is 1.64.